The summed E-state index contributed by atoms with van der Waals surface area (Å²) in [5.74, 6) is 4.87. The molecule has 0 aromatic heterocycles. The lowest BCUT2D eigenvalue weighted by Gasteiger charge is -2.29. The Morgan fingerprint density at radius 2 is 2.07 bits per heavy atom. The molecular formula is C11H23NS2. The van der Waals surface area contributed by atoms with Gasteiger partial charge in [0.2, 0.25) is 0 Å². The zero-order valence-corrected chi connectivity index (χ0v) is 11.2. The van der Waals surface area contributed by atoms with Crippen molar-refractivity contribution in [2.45, 2.75) is 38.0 Å². The summed E-state index contributed by atoms with van der Waals surface area (Å²) < 4.78 is 0. The zero-order valence-electron chi connectivity index (χ0n) is 9.58. The number of rotatable bonds is 5. The lowest BCUT2D eigenvalue weighted by molar-refractivity contribution is 0.452. The highest BCUT2D eigenvalue weighted by atomic mass is 32.2. The third-order valence-electron chi connectivity index (χ3n) is 2.72. The minimum Gasteiger partial charge on any atom is -0.316 e. The quantitative estimate of drug-likeness (QED) is 0.784. The maximum atomic E-state index is 3.49. The van der Waals surface area contributed by atoms with E-state index in [1.807, 2.05) is 0 Å². The lowest BCUT2D eigenvalue weighted by Crippen LogP contribution is -2.39. The van der Waals surface area contributed by atoms with Crippen LogP contribution in [-0.4, -0.2) is 35.6 Å². The third kappa shape index (κ3) is 4.45. The van der Waals surface area contributed by atoms with Gasteiger partial charge >= 0.3 is 0 Å². The first-order chi connectivity index (χ1) is 6.74. The molecule has 2 atom stereocenters. The van der Waals surface area contributed by atoms with Crippen molar-refractivity contribution in [3.8, 4) is 0 Å². The Morgan fingerprint density at radius 3 is 2.57 bits per heavy atom. The molecule has 1 rings (SSSR count). The second-order valence-corrected chi connectivity index (χ2v) is 6.85. The molecule has 2 unspecified atom stereocenters. The topological polar surface area (TPSA) is 12.0 Å². The van der Waals surface area contributed by atoms with E-state index in [0.29, 0.717) is 0 Å². The molecule has 1 saturated heterocycles. The summed E-state index contributed by atoms with van der Waals surface area (Å²) in [7, 11) is 2.12. The molecule has 0 radical (unpaired) electrons. The highest BCUT2D eigenvalue weighted by Crippen LogP contribution is 2.28. The van der Waals surface area contributed by atoms with Gasteiger partial charge in [0.05, 0.1) is 0 Å². The van der Waals surface area contributed by atoms with Crippen LogP contribution in [0.1, 0.15) is 26.7 Å². The first-order valence-corrected chi connectivity index (χ1v) is 7.81. The van der Waals surface area contributed by atoms with Crippen molar-refractivity contribution in [3.05, 3.63) is 0 Å². The molecule has 0 aromatic carbocycles. The molecular weight excluding hydrogens is 210 g/mol. The summed E-state index contributed by atoms with van der Waals surface area (Å²) in [5, 5.41) is 4.34. The molecule has 0 bridgehead atoms. The molecule has 0 aliphatic carbocycles. The predicted octanol–water partition coefficient (Wildman–Crippen LogP) is 2.86. The summed E-state index contributed by atoms with van der Waals surface area (Å²) >= 11 is 4.28. The predicted molar refractivity (Wildman–Crippen MR) is 70.5 cm³/mol. The first-order valence-electron chi connectivity index (χ1n) is 5.60. The van der Waals surface area contributed by atoms with Gasteiger partial charge in [-0.3, -0.25) is 0 Å². The van der Waals surface area contributed by atoms with Gasteiger partial charge in [0.1, 0.15) is 0 Å². The fourth-order valence-corrected chi connectivity index (χ4v) is 4.74. The smallest absolute Gasteiger partial charge is 0.0291 e. The number of hydrogen-bond acceptors (Lipinski definition) is 3. The standard InChI is InChI=1S/C11H23NS2/c1-9(2)4-5-10(12-3)11-8-13-6-7-14-11/h9-12H,4-8H2,1-3H3. The van der Waals surface area contributed by atoms with E-state index in [1.54, 1.807) is 0 Å². The Balaban J connectivity index is 2.28. The van der Waals surface area contributed by atoms with Crippen LogP contribution in [0.25, 0.3) is 0 Å². The summed E-state index contributed by atoms with van der Waals surface area (Å²) in [5.41, 5.74) is 0. The highest BCUT2D eigenvalue weighted by Gasteiger charge is 2.22. The van der Waals surface area contributed by atoms with Crippen molar-refractivity contribution in [1.82, 2.24) is 5.32 Å². The van der Waals surface area contributed by atoms with E-state index in [1.165, 1.54) is 30.1 Å². The van der Waals surface area contributed by atoms with Crippen molar-refractivity contribution in [2.75, 3.05) is 24.3 Å². The van der Waals surface area contributed by atoms with Crippen LogP contribution in [0.2, 0.25) is 0 Å². The summed E-state index contributed by atoms with van der Waals surface area (Å²) in [6.07, 6.45) is 2.69. The van der Waals surface area contributed by atoms with Crippen molar-refractivity contribution >= 4 is 23.5 Å². The van der Waals surface area contributed by atoms with Crippen LogP contribution in [0.3, 0.4) is 0 Å². The zero-order chi connectivity index (χ0) is 10.4. The Morgan fingerprint density at radius 1 is 1.29 bits per heavy atom. The Labute approximate surface area is 97.2 Å². The van der Waals surface area contributed by atoms with Crippen LogP contribution < -0.4 is 5.32 Å². The molecule has 0 spiro atoms. The van der Waals surface area contributed by atoms with E-state index < -0.39 is 0 Å². The van der Waals surface area contributed by atoms with Crippen LogP contribution in [0.15, 0.2) is 0 Å². The highest BCUT2D eigenvalue weighted by molar-refractivity contribution is 8.06. The first kappa shape index (κ1) is 12.7. The van der Waals surface area contributed by atoms with Crippen molar-refractivity contribution < 1.29 is 0 Å². The molecule has 1 fully saturated rings. The number of hydrogen-bond donors (Lipinski definition) is 1. The van der Waals surface area contributed by atoms with Gasteiger partial charge in [0.25, 0.3) is 0 Å². The Hall–Kier alpha value is 0.660. The molecule has 1 aliphatic rings. The monoisotopic (exact) mass is 233 g/mol. The van der Waals surface area contributed by atoms with Gasteiger partial charge in [-0.2, -0.15) is 23.5 Å². The number of thioether (sulfide) groups is 2. The van der Waals surface area contributed by atoms with Gasteiger partial charge in [-0.25, -0.2) is 0 Å². The average Bonchev–Trinajstić information content (AvgIpc) is 2.20. The van der Waals surface area contributed by atoms with Gasteiger partial charge in [0.15, 0.2) is 0 Å². The fraction of sp³-hybridized carbons (Fsp3) is 1.00. The van der Waals surface area contributed by atoms with Crippen LogP contribution in [0.5, 0.6) is 0 Å². The Bertz CT molecular complexity index is 144. The normalized spacial score (nSPS) is 25.3. The van der Waals surface area contributed by atoms with E-state index in [0.717, 1.165) is 17.2 Å². The van der Waals surface area contributed by atoms with Gasteiger partial charge in [0, 0.05) is 28.6 Å². The summed E-state index contributed by atoms with van der Waals surface area (Å²) in [6, 6.07) is 0.732. The van der Waals surface area contributed by atoms with Crippen LogP contribution >= 0.6 is 23.5 Å². The fourth-order valence-electron chi connectivity index (χ4n) is 1.77. The molecule has 0 saturated carbocycles. The summed E-state index contributed by atoms with van der Waals surface area (Å²) in [6.45, 7) is 4.63. The van der Waals surface area contributed by atoms with Crippen LogP contribution in [-0.2, 0) is 0 Å². The van der Waals surface area contributed by atoms with Crippen molar-refractivity contribution in [2.24, 2.45) is 5.92 Å². The van der Waals surface area contributed by atoms with Gasteiger partial charge in [-0.1, -0.05) is 13.8 Å². The van der Waals surface area contributed by atoms with E-state index in [9.17, 15) is 0 Å². The maximum absolute atomic E-state index is 3.49. The average molecular weight is 233 g/mol. The minimum absolute atomic E-state index is 0.732. The largest absolute Gasteiger partial charge is 0.316 e. The Kier molecular flexibility index (Phi) is 6.38. The van der Waals surface area contributed by atoms with Crippen molar-refractivity contribution in [3.63, 3.8) is 0 Å². The van der Waals surface area contributed by atoms with E-state index in [2.05, 4.69) is 49.7 Å². The van der Waals surface area contributed by atoms with E-state index in [4.69, 9.17) is 0 Å². The molecule has 14 heavy (non-hydrogen) atoms. The molecule has 1 aliphatic heterocycles. The van der Waals surface area contributed by atoms with Gasteiger partial charge in [-0.05, 0) is 25.8 Å². The molecule has 1 heterocycles. The molecule has 1 N–H and O–H groups in total. The SMILES string of the molecule is CNC(CCC(C)C)C1CSCCS1. The third-order valence-corrected chi connectivity index (χ3v) is 5.64. The maximum Gasteiger partial charge on any atom is 0.0291 e. The molecule has 3 heteroatoms. The van der Waals surface area contributed by atoms with Gasteiger partial charge < -0.3 is 5.32 Å². The summed E-state index contributed by atoms with van der Waals surface area (Å²) in [4.78, 5) is 0. The second kappa shape index (κ2) is 7.02. The lowest BCUT2D eigenvalue weighted by atomic mass is 10.0. The minimum atomic E-state index is 0.732. The molecule has 84 valence electrons. The molecule has 1 nitrogen and oxygen atoms in total. The number of nitrogens with one attached hydrogen (secondary N) is 1. The second-order valence-electron chi connectivity index (χ2n) is 4.35. The molecule has 0 amide bonds. The van der Waals surface area contributed by atoms with E-state index in [-0.39, 0.29) is 0 Å². The van der Waals surface area contributed by atoms with E-state index >= 15 is 0 Å². The van der Waals surface area contributed by atoms with Crippen LogP contribution in [0.4, 0.5) is 0 Å². The van der Waals surface area contributed by atoms with Crippen molar-refractivity contribution in [1.29, 1.82) is 0 Å². The molecule has 0 aromatic rings. The van der Waals surface area contributed by atoms with Gasteiger partial charge in [-0.15, -0.1) is 0 Å². The van der Waals surface area contributed by atoms with Crippen LogP contribution in [0, 0.1) is 5.92 Å².